The number of methoxy groups -OCH3 is 1. The predicted molar refractivity (Wildman–Crippen MR) is 155 cm³/mol. The van der Waals surface area contributed by atoms with Crippen molar-refractivity contribution in [3.05, 3.63) is 124 Å². The van der Waals surface area contributed by atoms with E-state index in [1.165, 1.54) is 10.5 Å². The molecule has 2 aliphatic heterocycles. The Morgan fingerprint density at radius 1 is 0.732 bits per heavy atom. The van der Waals surface area contributed by atoms with E-state index in [1.807, 2.05) is 55.5 Å². The number of hydrogen-bond acceptors (Lipinski definition) is 5. The van der Waals surface area contributed by atoms with Crippen LogP contribution in [0.15, 0.2) is 91.0 Å². The average Bonchev–Trinajstić information content (AvgIpc) is 3.45. The molecule has 0 saturated heterocycles. The van der Waals surface area contributed by atoms with E-state index in [-0.39, 0.29) is 30.4 Å². The van der Waals surface area contributed by atoms with Gasteiger partial charge >= 0.3 is 0 Å². The molecule has 1 unspecified atom stereocenters. The monoisotopic (exact) mass is 546 g/mol. The molecule has 7 nitrogen and oxygen atoms in total. The largest absolute Gasteiger partial charge is 0.493 e. The Balaban J connectivity index is 1.17. The van der Waals surface area contributed by atoms with E-state index in [1.54, 1.807) is 42.3 Å². The third-order valence-electron chi connectivity index (χ3n) is 7.67. The molecule has 6 rings (SSSR count). The number of aryl methyl sites for hydroxylation is 1. The van der Waals surface area contributed by atoms with Crippen LogP contribution in [0.1, 0.15) is 61.1 Å². The lowest BCUT2D eigenvalue weighted by Gasteiger charge is -2.21. The molecule has 206 valence electrons. The summed E-state index contributed by atoms with van der Waals surface area (Å²) in [5, 5.41) is 0. The molecular weight excluding hydrogens is 516 g/mol. The van der Waals surface area contributed by atoms with Crippen LogP contribution in [0.5, 0.6) is 11.5 Å². The van der Waals surface area contributed by atoms with E-state index in [0.717, 1.165) is 24.0 Å². The molecule has 1 atom stereocenters. The highest BCUT2D eigenvalue weighted by atomic mass is 16.5. The van der Waals surface area contributed by atoms with Gasteiger partial charge in [-0.25, -0.2) is 0 Å². The second-order valence-corrected chi connectivity index (χ2v) is 10.4. The maximum absolute atomic E-state index is 13.5. The maximum Gasteiger partial charge on any atom is 0.261 e. The van der Waals surface area contributed by atoms with Gasteiger partial charge in [0.05, 0.1) is 37.4 Å². The van der Waals surface area contributed by atoms with Crippen LogP contribution >= 0.6 is 0 Å². The summed E-state index contributed by atoms with van der Waals surface area (Å²) in [4.78, 5) is 42.1. The van der Waals surface area contributed by atoms with E-state index < -0.39 is 0 Å². The molecule has 7 heteroatoms. The predicted octanol–water partition coefficient (Wildman–Crippen LogP) is 6.05. The number of hydrogen-bond donors (Lipinski definition) is 0. The summed E-state index contributed by atoms with van der Waals surface area (Å²) in [6, 6.07) is 28.2. The van der Waals surface area contributed by atoms with Crippen LogP contribution in [0.2, 0.25) is 0 Å². The van der Waals surface area contributed by atoms with Gasteiger partial charge in [0.2, 0.25) is 0 Å². The van der Waals surface area contributed by atoms with E-state index in [0.29, 0.717) is 40.4 Å². The number of amides is 3. The maximum atomic E-state index is 13.5. The van der Waals surface area contributed by atoms with Gasteiger partial charge in [0.25, 0.3) is 17.7 Å². The van der Waals surface area contributed by atoms with Crippen molar-refractivity contribution in [1.29, 1.82) is 0 Å². The molecule has 0 bridgehead atoms. The number of rotatable bonds is 9. The summed E-state index contributed by atoms with van der Waals surface area (Å²) >= 11 is 0. The minimum Gasteiger partial charge on any atom is -0.493 e. The Morgan fingerprint density at radius 2 is 1.44 bits per heavy atom. The van der Waals surface area contributed by atoms with Gasteiger partial charge in [-0.05, 0) is 66.8 Å². The Hall–Kier alpha value is -4.91. The van der Waals surface area contributed by atoms with Crippen LogP contribution in [0, 0.1) is 0 Å². The molecule has 0 radical (unpaired) electrons. The zero-order valence-electron chi connectivity index (χ0n) is 23.0. The second kappa shape index (κ2) is 10.9. The zero-order chi connectivity index (χ0) is 28.5. The highest BCUT2D eigenvalue weighted by molar-refractivity contribution is 6.21. The van der Waals surface area contributed by atoms with Gasteiger partial charge < -0.3 is 14.4 Å². The van der Waals surface area contributed by atoms with Gasteiger partial charge in [0, 0.05) is 17.3 Å². The number of nitrogens with zero attached hydrogens (tertiary/aromatic N) is 2. The van der Waals surface area contributed by atoms with E-state index in [4.69, 9.17) is 9.47 Å². The first-order valence-corrected chi connectivity index (χ1v) is 13.7. The smallest absolute Gasteiger partial charge is 0.261 e. The highest BCUT2D eigenvalue weighted by Crippen LogP contribution is 2.37. The number of ether oxygens (including phenoxy) is 2. The van der Waals surface area contributed by atoms with Crippen LogP contribution < -0.4 is 14.4 Å². The molecule has 2 aliphatic rings. The van der Waals surface area contributed by atoms with Crippen molar-refractivity contribution >= 4 is 23.4 Å². The highest BCUT2D eigenvalue weighted by Gasteiger charge is 2.36. The molecule has 3 amide bonds. The Kier molecular flexibility index (Phi) is 7.01. The van der Waals surface area contributed by atoms with Gasteiger partial charge in [0.15, 0.2) is 11.5 Å². The van der Waals surface area contributed by atoms with Crippen LogP contribution in [-0.2, 0) is 19.5 Å². The third kappa shape index (κ3) is 5.07. The van der Waals surface area contributed by atoms with Gasteiger partial charge in [-0.2, -0.15) is 0 Å². The van der Waals surface area contributed by atoms with Crippen molar-refractivity contribution in [3.8, 4) is 11.5 Å². The van der Waals surface area contributed by atoms with Crippen molar-refractivity contribution in [2.24, 2.45) is 0 Å². The Bertz CT molecular complexity index is 1610. The summed E-state index contributed by atoms with van der Waals surface area (Å²) in [5.74, 6) is 0.413. The van der Waals surface area contributed by atoms with Crippen LogP contribution in [0.25, 0.3) is 0 Å². The normalized spacial score (nSPS) is 14.7. The summed E-state index contributed by atoms with van der Waals surface area (Å²) in [5.41, 5.74) is 4.95. The molecular formula is C34H30N2O5. The average molecular weight is 547 g/mol. The zero-order valence-corrected chi connectivity index (χ0v) is 23.0. The van der Waals surface area contributed by atoms with E-state index in [2.05, 4.69) is 12.1 Å². The fourth-order valence-corrected chi connectivity index (χ4v) is 5.44. The number of fused-ring (bicyclic) bond motifs is 2. The van der Waals surface area contributed by atoms with Crippen LogP contribution in [-0.4, -0.2) is 35.8 Å². The van der Waals surface area contributed by atoms with Gasteiger partial charge in [0.1, 0.15) is 0 Å². The number of carbonyl (C=O) groups excluding carboxylic acids is 3. The number of anilines is 1. The SMILES string of the molecule is COc1ccc(N2Cc3ccc(CN4C(=O)c5ccccc5C4=O)cc3C2=O)cc1OC(C)CCc1ccccc1. The summed E-state index contributed by atoms with van der Waals surface area (Å²) in [6.07, 6.45) is 1.67. The first kappa shape index (κ1) is 26.3. The molecule has 4 aromatic carbocycles. The first-order chi connectivity index (χ1) is 19.9. The third-order valence-corrected chi connectivity index (χ3v) is 7.67. The molecule has 0 aliphatic carbocycles. The van der Waals surface area contributed by atoms with Crippen LogP contribution in [0.4, 0.5) is 5.69 Å². The topological polar surface area (TPSA) is 76.2 Å². The quantitative estimate of drug-likeness (QED) is 0.239. The van der Waals surface area contributed by atoms with Crippen molar-refractivity contribution in [2.75, 3.05) is 12.0 Å². The number of carbonyl (C=O) groups is 3. The van der Waals surface area contributed by atoms with E-state index >= 15 is 0 Å². The lowest BCUT2D eigenvalue weighted by molar-refractivity contribution is 0.0642. The lowest BCUT2D eigenvalue weighted by Crippen LogP contribution is -2.29. The Morgan fingerprint density at radius 3 is 2.15 bits per heavy atom. The summed E-state index contributed by atoms with van der Waals surface area (Å²) in [6.45, 7) is 2.55. The first-order valence-electron chi connectivity index (χ1n) is 13.7. The molecule has 0 aromatic heterocycles. The minimum atomic E-state index is -0.317. The molecule has 4 aromatic rings. The molecule has 41 heavy (non-hydrogen) atoms. The fourth-order valence-electron chi connectivity index (χ4n) is 5.44. The van der Waals surface area contributed by atoms with Gasteiger partial charge in [-0.15, -0.1) is 0 Å². The van der Waals surface area contributed by atoms with Crippen LogP contribution in [0.3, 0.4) is 0 Å². The van der Waals surface area contributed by atoms with Gasteiger partial charge in [-0.1, -0.05) is 54.6 Å². The molecule has 0 spiro atoms. The number of benzene rings is 4. The molecule has 2 heterocycles. The molecule has 0 fully saturated rings. The van der Waals surface area contributed by atoms with E-state index in [9.17, 15) is 14.4 Å². The fraction of sp³-hybridized carbons (Fsp3) is 0.206. The van der Waals surface area contributed by atoms with Crippen molar-refractivity contribution < 1.29 is 23.9 Å². The molecule has 0 N–H and O–H groups in total. The standard InChI is InChI=1S/C34H30N2O5/c1-22(12-13-23-8-4-3-5-9-23)41-31-19-26(16-17-30(31)40-2)35-21-25-15-14-24(18-29(25)34(35)39)20-36-32(37)27-10-6-7-11-28(27)33(36)38/h3-11,14-19,22H,12-13,20-21H2,1-2H3. The minimum absolute atomic E-state index is 0.0597. The summed E-state index contributed by atoms with van der Waals surface area (Å²) in [7, 11) is 1.60. The Labute approximate surface area is 238 Å². The second-order valence-electron chi connectivity index (χ2n) is 10.4. The lowest BCUT2D eigenvalue weighted by atomic mass is 10.1. The van der Waals surface area contributed by atoms with Gasteiger partial charge in [-0.3, -0.25) is 19.3 Å². The van der Waals surface area contributed by atoms with Crippen molar-refractivity contribution in [2.45, 2.75) is 39.0 Å². The van der Waals surface area contributed by atoms with Crippen molar-refractivity contribution in [3.63, 3.8) is 0 Å². The number of imide groups is 1. The molecule has 0 saturated carbocycles. The summed E-state index contributed by atoms with van der Waals surface area (Å²) < 4.78 is 11.8. The van der Waals surface area contributed by atoms with Crippen molar-refractivity contribution in [1.82, 2.24) is 4.90 Å².